The van der Waals surface area contributed by atoms with Gasteiger partial charge in [-0.25, -0.2) is 9.59 Å². The third-order valence-electron chi connectivity index (χ3n) is 3.01. The van der Waals surface area contributed by atoms with Gasteiger partial charge in [0.15, 0.2) is 22.9 Å². The lowest BCUT2D eigenvalue weighted by Crippen LogP contribution is -2.16. The average molecular weight is 329 g/mol. The summed E-state index contributed by atoms with van der Waals surface area (Å²) in [4.78, 5) is 26.4. The Bertz CT molecular complexity index is 507. The highest BCUT2D eigenvalue weighted by Crippen LogP contribution is 2.36. The van der Waals surface area contributed by atoms with Gasteiger partial charge in [0.05, 0.1) is 40.6 Å². The summed E-state index contributed by atoms with van der Waals surface area (Å²) in [6, 6.07) is 0. The van der Waals surface area contributed by atoms with Gasteiger partial charge in [0, 0.05) is 0 Å². The van der Waals surface area contributed by atoms with E-state index in [-0.39, 0.29) is 36.1 Å². The van der Waals surface area contributed by atoms with Crippen LogP contribution in [0.5, 0.6) is 11.5 Å². The zero-order chi connectivity index (χ0) is 16.7. The van der Waals surface area contributed by atoms with Gasteiger partial charge in [0.1, 0.15) is 13.2 Å². The molecule has 1 aromatic rings. The zero-order valence-corrected chi connectivity index (χ0v) is 13.0. The standard InChI is InChI=1S/C14H19NO8/c1-18-13(16)9-11-12(10(15-9)14(17)19-2)23-8-6-21-4-3-20-5-7-22-11/h15H,3-8H2,1-2H3. The van der Waals surface area contributed by atoms with Crippen LogP contribution in [0.3, 0.4) is 0 Å². The molecule has 0 fully saturated rings. The molecule has 0 saturated carbocycles. The van der Waals surface area contributed by atoms with E-state index in [1.807, 2.05) is 0 Å². The molecule has 1 aliphatic heterocycles. The summed E-state index contributed by atoms with van der Waals surface area (Å²) in [6.45, 7) is 1.78. The highest BCUT2D eigenvalue weighted by molar-refractivity contribution is 5.98. The Morgan fingerprint density at radius 1 is 0.783 bits per heavy atom. The van der Waals surface area contributed by atoms with Crippen LogP contribution in [0.1, 0.15) is 21.0 Å². The molecule has 128 valence electrons. The maximum Gasteiger partial charge on any atom is 0.358 e. The molecule has 0 unspecified atom stereocenters. The van der Waals surface area contributed by atoms with Crippen LogP contribution < -0.4 is 9.47 Å². The van der Waals surface area contributed by atoms with Gasteiger partial charge in [-0.2, -0.15) is 0 Å². The molecule has 2 heterocycles. The van der Waals surface area contributed by atoms with Gasteiger partial charge in [0.25, 0.3) is 0 Å². The first-order valence-electron chi connectivity index (χ1n) is 7.02. The average Bonchev–Trinajstić information content (AvgIpc) is 2.91. The van der Waals surface area contributed by atoms with E-state index in [0.29, 0.717) is 26.4 Å². The number of fused-ring (bicyclic) bond motifs is 1. The summed E-state index contributed by atoms with van der Waals surface area (Å²) < 4.78 is 31.1. The molecule has 0 aromatic carbocycles. The quantitative estimate of drug-likeness (QED) is 0.777. The number of hydrogen-bond acceptors (Lipinski definition) is 8. The van der Waals surface area contributed by atoms with Crippen LogP contribution in [-0.2, 0) is 18.9 Å². The molecule has 9 nitrogen and oxygen atoms in total. The van der Waals surface area contributed by atoms with Crippen LogP contribution in [0.15, 0.2) is 0 Å². The van der Waals surface area contributed by atoms with Crippen molar-refractivity contribution in [2.24, 2.45) is 0 Å². The summed E-state index contributed by atoms with van der Waals surface area (Å²) in [5.74, 6) is -1.21. The number of H-pyrrole nitrogens is 1. The first-order valence-corrected chi connectivity index (χ1v) is 7.02. The minimum absolute atomic E-state index is 0.0270. The number of rotatable bonds is 2. The minimum Gasteiger partial charge on any atom is -0.485 e. The smallest absolute Gasteiger partial charge is 0.358 e. The Balaban J connectivity index is 2.38. The second kappa shape index (κ2) is 8.39. The summed E-state index contributed by atoms with van der Waals surface area (Å²) >= 11 is 0. The fraction of sp³-hybridized carbons (Fsp3) is 0.571. The van der Waals surface area contributed by atoms with Crippen molar-refractivity contribution in [2.75, 3.05) is 53.9 Å². The fourth-order valence-electron chi connectivity index (χ4n) is 1.96. The predicted molar refractivity (Wildman–Crippen MR) is 76.1 cm³/mol. The Morgan fingerprint density at radius 3 is 1.57 bits per heavy atom. The van der Waals surface area contributed by atoms with E-state index >= 15 is 0 Å². The van der Waals surface area contributed by atoms with Crippen LogP contribution >= 0.6 is 0 Å². The molecule has 23 heavy (non-hydrogen) atoms. The van der Waals surface area contributed by atoms with Gasteiger partial charge >= 0.3 is 11.9 Å². The number of aromatic nitrogens is 1. The van der Waals surface area contributed by atoms with Gasteiger partial charge < -0.3 is 33.4 Å². The van der Waals surface area contributed by atoms with Gasteiger partial charge in [-0.3, -0.25) is 0 Å². The largest absolute Gasteiger partial charge is 0.485 e. The van der Waals surface area contributed by atoms with Crippen LogP contribution in [0.2, 0.25) is 0 Å². The Kier molecular flexibility index (Phi) is 6.24. The van der Waals surface area contributed by atoms with Crippen LogP contribution in [0.4, 0.5) is 0 Å². The molecule has 0 radical (unpaired) electrons. The molecular formula is C14H19NO8. The van der Waals surface area contributed by atoms with Gasteiger partial charge in [0.2, 0.25) is 0 Å². The number of aromatic amines is 1. The van der Waals surface area contributed by atoms with Crippen molar-refractivity contribution in [1.29, 1.82) is 0 Å². The van der Waals surface area contributed by atoms with Crippen molar-refractivity contribution in [3.05, 3.63) is 11.4 Å². The zero-order valence-electron chi connectivity index (χ0n) is 13.0. The molecule has 0 amide bonds. The lowest BCUT2D eigenvalue weighted by Gasteiger charge is -2.13. The minimum atomic E-state index is -0.690. The van der Waals surface area contributed by atoms with E-state index in [0.717, 1.165) is 0 Å². The predicted octanol–water partition coefficient (Wildman–Crippen LogP) is 0.392. The van der Waals surface area contributed by atoms with Gasteiger partial charge in [-0.1, -0.05) is 0 Å². The van der Waals surface area contributed by atoms with E-state index in [1.165, 1.54) is 14.2 Å². The molecule has 0 atom stereocenters. The first kappa shape index (κ1) is 17.1. The van der Waals surface area contributed by atoms with Gasteiger partial charge in [-0.05, 0) is 0 Å². The third-order valence-corrected chi connectivity index (χ3v) is 3.01. The van der Waals surface area contributed by atoms with Crippen molar-refractivity contribution >= 4 is 11.9 Å². The van der Waals surface area contributed by atoms with E-state index < -0.39 is 11.9 Å². The molecular weight excluding hydrogens is 310 g/mol. The second-order valence-electron chi connectivity index (χ2n) is 4.44. The lowest BCUT2D eigenvalue weighted by atomic mass is 10.3. The van der Waals surface area contributed by atoms with Crippen LogP contribution in [0, 0.1) is 0 Å². The third kappa shape index (κ3) is 4.14. The molecule has 9 heteroatoms. The Hall–Kier alpha value is -2.26. The maximum atomic E-state index is 11.9. The molecule has 2 rings (SSSR count). The number of hydrogen-bond donors (Lipinski definition) is 1. The van der Waals surface area contributed by atoms with Crippen molar-refractivity contribution in [3.63, 3.8) is 0 Å². The number of nitrogens with one attached hydrogen (secondary N) is 1. The topological polar surface area (TPSA) is 105 Å². The number of esters is 2. The van der Waals surface area contributed by atoms with E-state index in [2.05, 4.69) is 14.5 Å². The highest BCUT2D eigenvalue weighted by atomic mass is 16.6. The molecule has 1 aromatic heterocycles. The monoisotopic (exact) mass is 329 g/mol. The normalized spacial score (nSPS) is 15.9. The summed E-state index contributed by atoms with van der Waals surface area (Å²) in [6.07, 6.45) is 0. The summed E-state index contributed by atoms with van der Waals surface area (Å²) in [5.41, 5.74) is -0.0539. The second-order valence-corrected chi connectivity index (χ2v) is 4.44. The van der Waals surface area contributed by atoms with Crippen LogP contribution in [0.25, 0.3) is 0 Å². The number of ether oxygens (including phenoxy) is 6. The van der Waals surface area contributed by atoms with Crippen LogP contribution in [-0.4, -0.2) is 70.8 Å². The fourth-order valence-corrected chi connectivity index (χ4v) is 1.96. The molecule has 1 N–H and O–H groups in total. The molecule has 0 saturated heterocycles. The Morgan fingerprint density at radius 2 is 1.17 bits per heavy atom. The van der Waals surface area contributed by atoms with Crippen molar-refractivity contribution in [1.82, 2.24) is 4.98 Å². The maximum absolute atomic E-state index is 11.9. The SMILES string of the molecule is COC(=O)c1[nH]c(C(=O)OC)c2c1OCCOCCOCCO2. The van der Waals surface area contributed by atoms with Crippen molar-refractivity contribution in [3.8, 4) is 11.5 Å². The molecule has 1 aliphatic rings. The Labute approximate surface area is 132 Å². The highest BCUT2D eigenvalue weighted by Gasteiger charge is 2.30. The number of carbonyl (C=O) groups is 2. The number of carbonyl (C=O) groups excluding carboxylic acids is 2. The molecule has 0 spiro atoms. The van der Waals surface area contributed by atoms with E-state index in [4.69, 9.17) is 18.9 Å². The first-order chi connectivity index (χ1) is 11.2. The van der Waals surface area contributed by atoms with E-state index in [1.54, 1.807) is 0 Å². The molecule has 0 aliphatic carbocycles. The number of methoxy groups -OCH3 is 2. The van der Waals surface area contributed by atoms with Crippen molar-refractivity contribution < 1.29 is 38.0 Å². The summed E-state index contributed by atoms with van der Waals surface area (Å²) in [5, 5.41) is 0. The van der Waals surface area contributed by atoms with E-state index in [9.17, 15) is 9.59 Å². The lowest BCUT2D eigenvalue weighted by molar-refractivity contribution is 0.0218. The van der Waals surface area contributed by atoms with Crippen molar-refractivity contribution in [2.45, 2.75) is 0 Å². The summed E-state index contributed by atoms with van der Waals surface area (Å²) in [7, 11) is 2.45. The molecule has 0 bridgehead atoms. The van der Waals surface area contributed by atoms with Gasteiger partial charge in [-0.15, -0.1) is 0 Å².